The lowest BCUT2D eigenvalue weighted by Crippen LogP contribution is -2.35. The Balaban J connectivity index is 3.49. The van der Waals surface area contributed by atoms with E-state index in [-0.39, 0.29) is 12.7 Å². The molecule has 0 spiro atoms. The van der Waals surface area contributed by atoms with Gasteiger partial charge in [0.15, 0.2) is 0 Å². The SMILES string of the molecule is CC(C)OP(=O)(O)OCCCCCC[N+](C)(C)C. The van der Waals surface area contributed by atoms with E-state index in [0.29, 0.717) is 0 Å². The zero-order valence-corrected chi connectivity index (χ0v) is 13.3. The molecule has 18 heavy (non-hydrogen) atoms. The molecule has 0 rings (SSSR count). The highest BCUT2D eigenvalue weighted by Gasteiger charge is 2.21. The summed E-state index contributed by atoms with van der Waals surface area (Å²) in [5.41, 5.74) is 0. The van der Waals surface area contributed by atoms with Crippen LogP contribution in [0.4, 0.5) is 0 Å². The van der Waals surface area contributed by atoms with E-state index in [0.717, 1.165) is 30.3 Å². The van der Waals surface area contributed by atoms with Gasteiger partial charge in [0.2, 0.25) is 0 Å². The molecule has 0 heterocycles. The summed E-state index contributed by atoms with van der Waals surface area (Å²) in [7, 11) is 2.69. The molecular weight excluding hydrogens is 253 g/mol. The predicted molar refractivity (Wildman–Crippen MR) is 73.4 cm³/mol. The van der Waals surface area contributed by atoms with Gasteiger partial charge < -0.3 is 9.38 Å². The van der Waals surface area contributed by atoms with Gasteiger partial charge in [-0.3, -0.25) is 9.05 Å². The minimum Gasteiger partial charge on any atom is -0.331 e. The average molecular weight is 282 g/mol. The molecule has 0 fully saturated rings. The highest BCUT2D eigenvalue weighted by molar-refractivity contribution is 7.47. The summed E-state index contributed by atoms with van der Waals surface area (Å²) >= 11 is 0. The first-order valence-corrected chi connectivity index (χ1v) is 8.08. The molecule has 1 unspecified atom stereocenters. The van der Waals surface area contributed by atoms with Gasteiger partial charge in [-0.1, -0.05) is 6.42 Å². The van der Waals surface area contributed by atoms with Crippen LogP contribution in [0.5, 0.6) is 0 Å². The summed E-state index contributed by atoms with van der Waals surface area (Å²) in [6.45, 7) is 4.84. The highest BCUT2D eigenvalue weighted by atomic mass is 31.2. The zero-order valence-electron chi connectivity index (χ0n) is 12.4. The van der Waals surface area contributed by atoms with Crippen LogP contribution in [0, 0.1) is 0 Å². The topological polar surface area (TPSA) is 55.8 Å². The number of quaternary nitrogens is 1. The molecule has 6 heteroatoms. The Morgan fingerprint density at radius 2 is 1.67 bits per heavy atom. The third kappa shape index (κ3) is 12.5. The number of unbranched alkanes of at least 4 members (excludes halogenated alkanes) is 3. The normalized spacial score (nSPS) is 15.9. The quantitative estimate of drug-likeness (QED) is 0.380. The van der Waals surface area contributed by atoms with E-state index in [1.165, 1.54) is 6.42 Å². The Labute approximate surface area is 111 Å². The number of phosphoric acid groups is 1. The Morgan fingerprint density at radius 1 is 1.11 bits per heavy atom. The monoisotopic (exact) mass is 282 g/mol. The van der Waals surface area contributed by atoms with Gasteiger partial charge in [-0.25, -0.2) is 4.57 Å². The molecule has 1 atom stereocenters. The summed E-state index contributed by atoms with van der Waals surface area (Å²) in [5.74, 6) is 0. The lowest BCUT2D eigenvalue weighted by atomic mass is 10.2. The Kier molecular flexibility index (Phi) is 8.31. The molecular formula is C12H29NO4P+. The standard InChI is InChI=1S/C12H28NO4P/c1-12(2)17-18(14,15)16-11-9-7-6-8-10-13(3,4)5/h12H,6-11H2,1-5H3/p+1. The molecule has 0 aromatic rings. The molecule has 5 nitrogen and oxygen atoms in total. The summed E-state index contributed by atoms with van der Waals surface area (Å²) in [6.07, 6.45) is 3.80. The first-order valence-electron chi connectivity index (χ1n) is 6.58. The Bertz CT molecular complexity index is 263. The van der Waals surface area contributed by atoms with E-state index < -0.39 is 7.82 Å². The van der Waals surface area contributed by atoms with Crippen molar-refractivity contribution in [3.05, 3.63) is 0 Å². The molecule has 0 saturated heterocycles. The third-order valence-electron chi connectivity index (χ3n) is 2.32. The largest absolute Gasteiger partial charge is 0.472 e. The van der Waals surface area contributed by atoms with Crippen LogP contribution >= 0.6 is 7.82 Å². The van der Waals surface area contributed by atoms with Crippen LogP contribution in [0.2, 0.25) is 0 Å². The molecule has 0 bridgehead atoms. The van der Waals surface area contributed by atoms with Gasteiger partial charge in [0.1, 0.15) is 0 Å². The Morgan fingerprint density at radius 3 is 2.17 bits per heavy atom. The van der Waals surface area contributed by atoms with E-state index in [4.69, 9.17) is 9.05 Å². The first-order chi connectivity index (χ1) is 8.12. The smallest absolute Gasteiger partial charge is 0.331 e. The van der Waals surface area contributed by atoms with Gasteiger partial charge in [-0.2, -0.15) is 0 Å². The lowest BCUT2D eigenvalue weighted by Gasteiger charge is -2.23. The molecule has 0 aliphatic heterocycles. The minimum absolute atomic E-state index is 0.283. The van der Waals surface area contributed by atoms with E-state index in [1.807, 2.05) is 0 Å². The van der Waals surface area contributed by atoms with Crippen LogP contribution in [-0.2, 0) is 13.6 Å². The summed E-state index contributed by atoms with van der Waals surface area (Å²) in [4.78, 5) is 9.30. The predicted octanol–water partition coefficient (Wildman–Crippen LogP) is 2.80. The summed E-state index contributed by atoms with van der Waals surface area (Å²) in [5, 5.41) is 0. The number of rotatable bonds is 10. The molecule has 0 aromatic carbocycles. The lowest BCUT2D eigenvalue weighted by molar-refractivity contribution is -0.870. The summed E-state index contributed by atoms with van der Waals surface area (Å²) < 4.78 is 22.0. The molecule has 0 amide bonds. The second-order valence-corrected chi connectivity index (χ2v) is 7.29. The second-order valence-electron chi connectivity index (χ2n) is 5.88. The average Bonchev–Trinajstić information content (AvgIpc) is 2.12. The van der Waals surface area contributed by atoms with Crippen molar-refractivity contribution in [3.8, 4) is 0 Å². The molecule has 0 aromatic heterocycles. The molecule has 0 saturated carbocycles. The van der Waals surface area contributed by atoms with Crippen LogP contribution in [-0.4, -0.2) is 49.8 Å². The maximum Gasteiger partial charge on any atom is 0.472 e. The van der Waals surface area contributed by atoms with Gasteiger partial charge in [0.05, 0.1) is 40.4 Å². The van der Waals surface area contributed by atoms with Crippen LogP contribution in [0.3, 0.4) is 0 Å². The second kappa shape index (κ2) is 8.28. The fourth-order valence-corrected chi connectivity index (χ4v) is 2.47. The highest BCUT2D eigenvalue weighted by Crippen LogP contribution is 2.44. The van der Waals surface area contributed by atoms with Crippen molar-refractivity contribution in [2.24, 2.45) is 0 Å². The molecule has 0 radical (unpaired) electrons. The van der Waals surface area contributed by atoms with Crippen molar-refractivity contribution in [1.29, 1.82) is 0 Å². The van der Waals surface area contributed by atoms with Crippen molar-refractivity contribution in [2.45, 2.75) is 45.6 Å². The van der Waals surface area contributed by atoms with Crippen LogP contribution in [0.1, 0.15) is 39.5 Å². The number of phosphoric ester groups is 1. The maximum absolute atomic E-state index is 11.4. The molecule has 110 valence electrons. The maximum atomic E-state index is 11.4. The van der Waals surface area contributed by atoms with E-state index >= 15 is 0 Å². The molecule has 0 aliphatic rings. The number of hydrogen-bond donors (Lipinski definition) is 1. The van der Waals surface area contributed by atoms with Crippen molar-refractivity contribution in [1.82, 2.24) is 0 Å². The van der Waals surface area contributed by atoms with Crippen LogP contribution in [0.25, 0.3) is 0 Å². The Hall–Kier alpha value is 0.0700. The van der Waals surface area contributed by atoms with Crippen LogP contribution in [0.15, 0.2) is 0 Å². The van der Waals surface area contributed by atoms with E-state index in [1.54, 1.807) is 13.8 Å². The number of nitrogens with zero attached hydrogens (tertiary/aromatic N) is 1. The van der Waals surface area contributed by atoms with Gasteiger partial charge in [0, 0.05) is 0 Å². The number of hydrogen-bond acceptors (Lipinski definition) is 3. The van der Waals surface area contributed by atoms with Gasteiger partial charge in [-0.15, -0.1) is 0 Å². The van der Waals surface area contributed by atoms with Crippen molar-refractivity contribution in [2.75, 3.05) is 34.3 Å². The van der Waals surface area contributed by atoms with Gasteiger partial charge in [-0.05, 0) is 33.1 Å². The minimum atomic E-state index is -3.83. The fraction of sp³-hybridized carbons (Fsp3) is 1.00. The van der Waals surface area contributed by atoms with E-state index in [9.17, 15) is 9.46 Å². The van der Waals surface area contributed by atoms with Crippen molar-refractivity contribution in [3.63, 3.8) is 0 Å². The summed E-state index contributed by atoms with van der Waals surface area (Å²) in [6, 6.07) is 0. The van der Waals surface area contributed by atoms with Crippen molar-refractivity contribution < 1.29 is 23.0 Å². The molecule has 1 N–H and O–H groups in total. The van der Waals surface area contributed by atoms with Crippen molar-refractivity contribution >= 4 is 7.82 Å². The fourth-order valence-electron chi connectivity index (χ4n) is 1.52. The van der Waals surface area contributed by atoms with Gasteiger partial charge >= 0.3 is 7.82 Å². The zero-order chi connectivity index (χ0) is 14.2. The molecule has 0 aliphatic carbocycles. The van der Waals surface area contributed by atoms with E-state index in [2.05, 4.69) is 21.1 Å². The third-order valence-corrected chi connectivity index (χ3v) is 3.52. The van der Waals surface area contributed by atoms with Gasteiger partial charge in [0.25, 0.3) is 0 Å². The first kappa shape index (κ1) is 18.1. The van der Waals surface area contributed by atoms with Crippen LogP contribution < -0.4 is 0 Å².